The number of fused-ring (bicyclic) bond motifs is 1. The SMILES string of the molecule is Clc1ccc(N2NC(N3CCC(CN4CCNCC4)CC3)c3ccncc32)cc1. The van der Waals surface area contributed by atoms with Crippen LogP contribution in [0.1, 0.15) is 24.6 Å². The van der Waals surface area contributed by atoms with Crippen LogP contribution in [0.15, 0.2) is 42.7 Å². The minimum Gasteiger partial charge on any atom is -0.314 e. The number of aromatic nitrogens is 1. The van der Waals surface area contributed by atoms with Gasteiger partial charge in [-0.15, -0.1) is 0 Å². The molecule has 3 aliphatic rings. The number of pyridine rings is 1. The molecule has 2 fully saturated rings. The van der Waals surface area contributed by atoms with E-state index < -0.39 is 0 Å². The van der Waals surface area contributed by atoms with Crippen molar-refractivity contribution in [1.82, 2.24) is 25.5 Å². The maximum absolute atomic E-state index is 6.09. The first kappa shape index (κ1) is 19.3. The van der Waals surface area contributed by atoms with E-state index in [1.165, 1.54) is 38.0 Å². The van der Waals surface area contributed by atoms with E-state index in [0.717, 1.165) is 48.5 Å². The van der Waals surface area contributed by atoms with Crippen LogP contribution in [0.5, 0.6) is 0 Å². The van der Waals surface area contributed by atoms with Crippen LogP contribution in [-0.4, -0.2) is 60.6 Å². The van der Waals surface area contributed by atoms with Crippen LogP contribution in [0.25, 0.3) is 0 Å². The van der Waals surface area contributed by atoms with Gasteiger partial charge in [0.1, 0.15) is 6.17 Å². The molecule has 3 aliphatic heterocycles. The number of rotatable bonds is 4. The van der Waals surface area contributed by atoms with Gasteiger partial charge in [-0.25, -0.2) is 5.43 Å². The van der Waals surface area contributed by atoms with Crippen LogP contribution in [-0.2, 0) is 0 Å². The molecular weight excluding hydrogens is 384 g/mol. The molecule has 4 heterocycles. The van der Waals surface area contributed by atoms with E-state index in [1.807, 2.05) is 36.7 Å². The largest absolute Gasteiger partial charge is 0.314 e. The number of piperazine rings is 1. The van der Waals surface area contributed by atoms with E-state index in [9.17, 15) is 0 Å². The van der Waals surface area contributed by atoms with Crippen LogP contribution in [0.3, 0.4) is 0 Å². The Bertz CT molecular complexity index is 814. The summed E-state index contributed by atoms with van der Waals surface area (Å²) in [5.74, 6) is 0.815. The summed E-state index contributed by atoms with van der Waals surface area (Å²) in [6.45, 7) is 8.17. The summed E-state index contributed by atoms with van der Waals surface area (Å²) in [7, 11) is 0. The number of piperidine rings is 1. The van der Waals surface area contributed by atoms with Gasteiger partial charge in [0.25, 0.3) is 0 Å². The first-order chi connectivity index (χ1) is 14.3. The van der Waals surface area contributed by atoms with Gasteiger partial charge in [-0.05, 0) is 49.1 Å². The number of nitrogens with one attached hydrogen (secondary N) is 2. The number of nitrogens with zero attached hydrogens (tertiary/aromatic N) is 4. The number of hydrogen-bond acceptors (Lipinski definition) is 6. The van der Waals surface area contributed by atoms with Crippen molar-refractivity contribution in [3.8, 4) is 0 Å². The molecule has 1 atom stereocenters. The summed E-state index contributed by atoms with van der Waals surface area (Å²) >= 11 is 6.09. The highest BCUT2D eigenvalue weighted by Crippen LogP contribution is 2.39. The maximum atomic E-state index is 6.09. The van der Waals surface area contributed by atoms with Gasteiger partial charge in [-0.2, -0.15) is 0 Å². The number of benzene rings is 1. The molecule has 5 rings (SSSR count). The molecule has 0 saturated carbocycles. The molecule has 2 aromatic rings. The van der Waals surface area contributed by atoms with Gasteiger partial charge in [-0.1, -0.05) is 11.6 Å². The lowest BCUT2D eigenvalue weighted by Gasteiger charge is -2.38. The quantitative estimate of drug-likeness (QED) is 0.805. The zero-order valence-corrected chi connectivity index (χ0v) is 17.5. The van der Waals surface area contributed by atoms with Crippen molar-refractivity contribution < 1.29 is 0 Å². The van der Waals surface area contributed by atoms with E-state index in [-0.39, 0.29) is 6.17 Å². The Morgan fingerprint density at radius 3 is 2.52 bits per heavy atom. The van der Waals surface area contributed by atoms with E-state index in [2.05, 4.69) is 36.6 Å². The van der Waals surface area contributed by atoms with Crippen molar-refractivity contribution in [2.45, 2.75) is 19.0 Å². The van der Waals surface area contributed by atoms with Crippen molar-refractivity contribution in [2.75, 3.05) is 50.8 Å². The fourth-order valence-electron chi connectivity index (χ4n) is 4.81. The van der Waals surface area contributed by atoms with Gasteiger partial charge < -0.3 is 10.2 Å². The third-order valence-corrected chi connectivity index (χ3v) is 6.70. The Morgan fingerprint density at radius 1 is 1.00 bits per heavy atom. The molecule has 0 amide bonds. The minimum atomic E-state index is 0.198. The highest BCUT2D eigenvalue weighted by molar-refractivity contribution is 6.30. The molecule has 7 heteroatoms. The number of likely N-dealkylation sites (tertiary alicyclic amines) is 1. The van der Waals surface area contributed by atoms with Gasteiger partial charge in [0.2, 0.25) is 0 Å². The van der Waals surface area contributed by atoms with Gasteiger partial charge >= 0.3 is 0 Å². The number of anilines is 2. The van der Waals surface area contributed by atoms with Crippen LogP contribution >= 0.6 is 11.6 Å². The van der Waals surface area contributed by atoms with Crippen molar-refractivity contribution in [1.29, 1.82) is 0 Å². The summed E-state index contributed by atoms with van der Waals surface area (Å²) in [5, 5.41) is 6.35. The Balaban J connectivity index is 1.26. The summed E-state index contributed by atoms with van der Waals surface area (Å²) in [4.78, 5) is 9.59. The Kier molecular flexibility index (Phi) is 5.70. The monoisotopic (exact) mass is 412 g/mol. The maximum Gasteiger partial charge on any atom is 0.106 e. The topological polar surface area (TPSA) is 46.7 Å². The third kappa shape index (κ3) is 4.13. The number of hydrazine groups is 1. The molecule has 2 saturated heterocycles. The Morgan fingerprint density at radius 2 is 1.76 bits per heavy atom. The highest BCUT2D eigenvalue weighted by atomic mass is 35.5. The summed E-state index contributed by atoms with van der Waals surface area (Å²) in [6, 6.07) is 10.1. The summed E-state index contributed by atoms with van der Waals surface area (Å²) in [6.07, 6.45) is 6.58. The lowest BCUT2D eigenvalue weighted by Crippen LogP contribution is -2.48. The second-order valence-electron chi connectivity index (χ2n) is 8.31. The molecule has 2 N–H and O–H groups in total. The van der Waals surface area contributed by atoms with Gasteiger partial charge in [0, 0.05) is 62.6 Å². The van der Waals surface area contributed by atoms with Gasteiger partial charge in [0.15, 0.2) is 0 Å². The summed E-state index contributed by atoms with van der Waals surface area (Å²) < 4.78 is 0. The molecule has 1 aromatic carbocycles. The van der Waals surface area contributed by atoms with Crippen molar-refractivity contribution in [3.63, 3.8) is 0 Å². The molecule has 154 valence electrons. The summed E-state index contributed by atoms with van der Waals surface area (Å²) in [5.41, 5.74) is 7.23. The molecule has 1 unspecified atom stereocenters. The van der Waals surface area contributed by atoms with E-state index in [0.29, 0.717) is 0 Å². The van der Waals surface area contributed by atoms with Crippen molar-refractivity contribution in [3.05, 3.63) is 53.3 Å². The molecule has 0 aliphatic carbocycles. The molecule has 0 bridgehead atoms. The fourth-order valence-corrected chi connectivity index (χ4v) is 4.94. The lowest BCUT2D eigenvalue weighted by atomic mass is 9.95. The average molecular weight is 413 g/mol. The normalized spacial score (nSPS) is 24.0. The molecule has 0 spiro atoms. The molecule has 29 heavy (non-hydrogen) atoms. The predicted molar refractivity (Wildman–Crippen MR) is 117 cm³/mol. The van der Waals surface area contributed by atoms with Gasteiger partial charge in [-0.3, -0.25) is 14.9 Å². The van der Waals surface area contributed by atoms with E-state index in [1.54, 1.807) is 0 Å². The second-order valence-corrected chi connectivity index (χ2v) is 8.74. The van der Waals surface area contributed by atoms with Crippen molar-refractivity contribution >= 4 is 23.0 Å². The first-order valence-corrected chi connectivity index (χ1v) is 11.1. The highest BCUT2D eigenvalue weighted by Gasteiger charge is 2.35. The van der Waals surface area contributed by atoms with Gasteiger partial charge in [0.05, 0.1) is 17.6 Å². The Hall–Kier alpha value is -1.70. The smallest absolute Gasteiger partial charge is 0.106 e. The second kappa shape index (κ2) is 8.58. The van der Waals surface area contributed by atoms with Crippen molar-refractivity contribution in [2.24, 2.45) is 5.92 Å². The van der Waals surface area contributed by atoms with E-state index >= 15 is 0 Å². The third-order valence-electron chi connectivity index (χ3n) is 6.44. The average Bonchev–Trinajstić information content (AvgIpc) is 3.15. The fraction of sp³-hybridized carbons (Fsp3) is 0.500. The molecule has 1 aromatic heterocycles. The number of hydrogen-bond donors (Lipinski definition) is 2. The van der Waals surface area contributed by atoms with Crippen LogP contribution in [0, 0.1) is 5.92 Å². The lowest BCUT2D eigenvalue weighted by molar-refractivity contribution is 0.0956. The molecule has 6 nitrogen and oxygen atoms in total. The zero-order valence-electron chi connectivity index (χ0n) is 16.7. The van der Waals surface area contributed by atoms with Crippen LogP contribution < -0.4 is 15.8 Å². The standard InChI is InChI=1S/C22H29ClN6/c23-18-1-3-19(4-2-18)29-21-15-25-8-5-20(21)22(26-29)28-11-6-17(7-12-28)16-27-13-9-24-10-14-27/h1-5,8,15,17,22,24,26H,6-7,9-14,16H2. The molecule has 0 radical (unpaired) electrons. The number of halogens is 1. The van der Waals surface area contributed by atoms with Crippen LogP contribution in [0.2, 0.25) is 5.02 Å². The molecular formula is C22H29ClN6. The van der Waals surface area contributed by atoms with E-state index in [4.69, 9.17) is 11.6 Å². The first-order valence-electron chi connectivity index (χ1n) is 10.7. The predicted octanol–water partition coefficient (Wildman–Crippen LogP) is 3.01. The Labute approximate surface area is 177 Å². The van der Waals surface area contributed by atoms with Crippen LogP contribution in [0.4, 0.5) is 11.4 Å². The minimum absolute atomic E-state index is 0.198. The zero-order chi connectivity index (χ0) is 19.6.